The van der Waals surface area contributed by atoms with E-state index in [2.05, 4.69) is 5.32 Å². The first kappa shape index (κ1) is 33.1. The Bertz CT molecular complexity index is 1710. The van der Waals surface area contributed by atoms with Crippen molar-refractivity contribution in [1.82, 2.24) is 5.32 Å². The molecular weight excluding hydrogens is 602 g/mol. The number of benzene rings is 3. The molecule has 2 aliphatic rings. The highest BCUT2D eigenvalue weighted by Gasteiger charge is 2.42. The van der Waals surface area contributed by atoms with Gasteiger partial charge in [-0.05, 0) is 73.7 Å². The smallest absolute Gasteiger partial charge is 0.336 e. The fraction of sp³-hybridized carbons (Fsp3) is 0.324. The topological polar surface area (TPSA) is 119 Å². The van der Waals surface area contributed by atoms with Crippen LogP contribution in [0, 0.1) is 0 Å². The molecule has 0 saturated carbocycles. The number of allylic oxidation sites excluding steroid dienone is 3. The van der Waals surface area contributed by atoms with Crippen LogP contribution in [-0.4, -0.2) is 51.8 Å². The summed E-state index contributed by atoms with van der Waals surface area (Å²) < 4.78 is 33.5. The van der Waals surface area contributed by atoms with Gasteiger partial charge >= 0.3 is 11.9 Å². The number of ketones is 1. The van der Waals surface area contributed by atoms with Gasteiger partial charge in [0.25, 0.3) is 0 Å². The van der Waals surface area contributed by atoms with Gasteiger partial charge in [0.05, 0.1) is 26.4 Å². The Kier molecular flexibility index (Phi) is 10.5. The molecule has 5 rings (SSSR count). The second kappa shape index (κ2) is 14.9. The van der Waals surface area contributed by atoms with E-state index >= 15 is 0 Å². The molecule has 3 aromatic rings. The van der Waals surface area contributed by atoms with Gasteiger partial charge in [0.2, 0.25) is 0 Å². The molecule has 0 radical (unpaired) electrons. The molecule has 3 aromatic carbocycles. The predicted octanol–water partition coefficient (Wildman–Crippen LogP) is 6.01. The minimum atomic E-state index is -0.752. The Balaban J connectivity index is 1.50. The highest BCUT2D eigenvalue weighted by Crippen LogP contribution is 2.47. The Morgan fingerprint density at radius 2 is 1.53 bits per heavy atom. The third kappa shape index (κ3) is 7.43. The lowest BCUT2D eigenvalue weighted by Crippen LogP contribution is -2.36. The van der Waals surface area contributed by atoms with E-state index in [1.165, 1.54) is 6.92 Å². The second-order valence-corrected chi connectivity index (χ2v) is 11.2. The standard InChI is InChI=1S/C37H39NO9/c1-6-44-33-21-25(13-15-31(33)47-23(3)39)35-34(37(41)46-17-16-45-27-10-8-7-9-11-27)22(2)38-28-18-26(19-29(40)36(28)35)24-12-14-30(42-4)32(20-24)43-5/h7-15,20-21,26,35,38H,6,16-19H2,1-5H3/t26-,35+/m1/s1. The molecule has 1 aliphatic carbocycles. The van der Waals surface area contributed by atoms with Crippen molar-refractivity contribution in [2.75, 3.05) is 34.0 Å². The van der Waals surface area contributed by atoms with Gasteiger partial charge in [0.15, 0.2) is 28.8 Å². The average Bonchev–Trinajstić information content (AvgIpc) is 3.06. The summed E-state index contributed by atoms with van der Waals surface area (Å²) in [6.45, 7) is 5.41. The lowest BCUT2D eigenvalue weighted by molar-refractivity contribution is -0.140. The maximum absolute atomic E-state index is 14.1. The summed E-state index contributed by atoms with van der Waals surface area (Å²) in [5.41, 5.74) is 3.67. The third-order valence-electron chi connectivity index (χ3n) is 8.11. The second-order valence-electron chi connectivity index (χ2n) is 11.2. The van der Waals surface area contributed by atoms with Crippen molar-refractivity contribution >= 4 is 17.7 Å². The SMILES string of the molecule is CCOc1cc([C@H]2C(C(=O)OCCOc3ccccc3)=C(C)NC3=C2C(=O)C[C@H](c2ccc(OC)c(OC)c2)C3)ccc1OC(C)=O. The highest BCUT2D eigenvalue weighted by atomic mass is 16.6. The van der Waals surface area contributed by atoms with Crippen LogP contribution in [0.5, 0.6) is 28.7 Å². The lowest BCUT2D eigenvalue weighted by atomic mass is 9.71. The summed E-state index contributed by atoms with van der Waals surface area (Å²) in [6.07, 6.45) is 0.754. The zero-order valence-electron chi connectivity index (χ0n) is 27.2. The summed E-state index contributed by atoms with van der Waals surface area (Å²) >= 11 is 0. The number of nitrogens with one attached hydrogen (secondary N) is 1. The maximum Gasteiger partial charge on any atom is 0.336 e. The fourth-order valence-corrected chi connectivity index (χ4v) is 6.09. The summed E-state index contributed by atoms with van der Waals surface area (Å²) in [4.78, 5) is 39.7. The van der Waals surface area contributed by atoms with Crippen molar-refractivity contribution in [2.24, 2.45) is 0 Å². The number of rotatable bonds is 12. The van der Waals surface area contributed by atoms with Crippen LogP contribution >= 0.6 is 0 Å². The Labute approximate surface area is 274 Å². The summed E-state index contributed by atoms with van der Waals surface area (Å²) in [6, 6.07) is 20.0. The Hall–Kier alpha value is -5.25. The minimum absolute atomic E-state index is 0.00798. The van der Waals surface area contributed by atoms with Crippen LogP contribution in [0.15, 0.2) is 89.3 Å². The van der Waals surface area contributed by atoms with E-state index in [1.54, 1.807) is 39.3 Å². The molecule has 0 unspecified atom stereocenters. The number of para-hydroxylation sites is 1. The molecule has 246 valence electrons. The van der Waals surface area contributed by atoms with Crippen molar-refractivity contribution in [3.05, 3.63) is 100 Å². The van der Waals surface area contributed by atoms with E-state index in [0.717, 1.165) is 11.3 Å². The molecule has 0 aromatic heterocycles. The van der Waals surface area contributed by atoms with Crippen LogP contribution < -0.4 is 29.0 Å². The zero-order valence-corrected chi connectivity index (χ0v) is 27.2. The number of dihydropyridines is 1. The van der Waals surface area contributed by atoms with Gasteiger partial charge in [-0.3, -0.25) is 9.59 Å². The summed E-state index contributed by atoms with van der Waals surface area (Å²) in [5, 5.41) is 3.37. The number of ether oxygens (including phenoxy) is 6. The molecule has 0 fully saturated rings. The molecule has 1 heterocycles. The molecule has 10 nitrogen and oxygen atoms in total. The number of esters is 2. The molecule has 0 bridgehead atoms. The van der Waals surface area contributed by atoms with Crippen molar-refractivity contribution in [2.45, 2.75) is 45.4 Å². The van der Waals surface area contributed by atoms with Gasteiger partial charge in [-0.2, -0.15) is 0 Å². The first-order chi connectivity index (χ1) is 22.7. The van der Waals surface area contributed by atoms with Gasteiger partial charge < -0.3 is 33.7 Å². The van der Waals surface area contributed by atoms with Crippen LogP contribution in [0.4, 0.5) is 0 Å². The summed E-state index contributed by atoms with van der Waals surface area (Å²) in [5.74, 6) is 0.385. The molecule has 47 heavy (non-hydrogen) atoms. The average molecular weight is 642 g/mol. The molecule has 0 spiro atoms. The number of carbonyl (C=O) groups excluding carboxylic acids is 3. The van der Waals surface area contributed by atoms with Gasteiger partial charge in [0, 0.05) is 36.2 Å². The number of Topliss-reactive ketones (excluding diaryl/α,β-unsaturated/α-hetero) is 1. The monoisotopic (exact) mass is 641 g/mol. The van der Waals surface area contributed by atoms with Crippen molar-refractivity contribution in [3.8, 4) is 28.7 Å². The molecule has 10 heteroatoms. The normalized spacial score (nSPS) is 17.3. The van der Waals surface area contributed by atoms with Crippen molar-refractivity contribution in [1.29, 1.82) is 0 Å². The van der Waals surface area contributed by atoms with Crippen LogP contribution in [0.25, 0.3) is 0 Å². The molecule has 2 atom stereocenters. The first-order valence-corrected chi connectivity index (χ1v) is 15.5. The van der Waals surface area contributed by atoms with E-state index in [-0.39, 0.29) is 37.1 Å². The van der Waals surface area contributed by atoms with E-state index in [0.29, 0.717) is 58.4 Å². The van der Waals surface area contributed by atoms with Crippen molar-refractivity contribution < 1.29 is 42.8 Å². The van der Waals surface area contributed by atoms with Crippen LogP contribution in [-0.2, 0) is 19.1 Å². The Morgan fingerprint density at radius 1 is 0.830 bits per heavy atom. The highest BCUT2D eigenvalue weighted by molar-refractivity contribution is 6.04. The molecule has 1 N–H and O–H groups in total. The lowest BCUT2D eigenvalue weighted by Gasteiger charge is -2.37. The Morgan fingerprint density at radius 3 is 2.23 bits per heavy atom. The van der Waals surface area contributed by atoms with E-state index in [4.69, 9.17) is 28.4 Å². The van der Waals surface area contributed by atoms with Gasteiger partial charge in [-0.1, -0.05) is 30.3 Å². The zero-order chi connectivity index (χ0) is 33.5. The fourth-order valence-electron chi connectivity index (χ4n) is 6.09. The van der Waals surface area contributed by atoms with Crippen LogP contribution in [0.3, 0.4) is 0 Å². The number of hydrogen-bond acceptors (Lipinski definition) is 10. The minimum Gasteiger partial charge on any atom is -0.493 e. The van der Waals surface area contributed by atoms with Crippen LogP contribution in [0.1, 0.15) is 56.6 Å². The van der Waals surface area contributed by atoms with Gasteiger partial charge in [-0.15, -0.1) is 0 Å². The predicted molar refractivity (Wildman–Crippen MR) is 174 cm³/mol. The first-order valence-electron chi connectivity index (χ1n) is 15.5. The number of methoxy groups -OCH3 is 2. The molecular formula is C37H39NO9. The largest absolute Gasteiger partial charge is 0.493 e. The molecule has 0 amide bonds. The van der Waals surface area contributed by atoms with Gasteiger partial charge in [0.1, 0.15) is 19.0 Å². The van der Waals surface area contributed by atoms with E-state index in [9.17, 15) is 14.4 Å². The maximum atomic E-state index is 14.1. The number of hydrogen-bond donors (Lipinski definition) is 1. The molecule has 0 saturated heterocycles. The van der Waals surface area contributed by atoms with E-state index < -0.39 is 17.9 Å². The number of carbonyl (C=O) groups is 3. The third-order valence-corrected chi connectivity index (χ3v) is 8.11. The van der Waals surface area contributed by atoms with E-state index in [1.807, 2.05) is 55.5 Å². The van der Waals surface area contributed by atoms with Crippen molar-refractivity contribution in [3.63, 3.8) is 0 Å². The molecule has 1 aliphatic heterocycles. The quantitative estimate of drug-likeness (QED) is 0.143. The van der Waals surface area contributed by atoms with Crippen LogP contribution in [0.2, 0.25) is 0 Å². The summed E-state index contributed by atoms with van der Waals surface area (Å²) in [7, 11) is 3.15. The van der Waals surface area contributed by atoms with Gasteiger partial charge in [-0.25, -0.2) is 4.79 Å².